The van der Waals surface area contributed by atoms with Crippen molar-refractivity contribution in [1.29, 1.82) is 0 Å². The van der Waals surface area contributed by atoms with Crippen LogP contribution in [0.15, 0.2) is 27.2 Å². The number of hydrogen-bond acceptors (Lipinski definition) is 7. The van der Waals surface area contributed by atoms with Crippen molar-refractivity contribution in [2.45, 2.75) is 18.8 Å². The molecule has 2 aromatic rings. The zero-order chi connectivity index (χ0) is 17.1. The predicted octanol–water partition coefficient (Wildman–Crippen LogP) is 1.37. The van der Waals surface area contributed by atoms with E-state index in [1.807, 2.05) is 4.90 Å². The third kappa shape index (κ3) is 3.74. The van der Waals surface area contributed by atoms with E-state index in [4.69, 9.17) is 13.6 Å². The molecule has 4 heterocycles. The van der Waals surface area contributed by atoms with Gasteiger partial charge in [0.15, 0.2) is 5.76 Å². The molecule has 1 amide bonds. The summed E-state index contributed by atoms with van der Waals surface area (Å²) in [6.45, 7) is 4.89. The number of nitrogens with zero attached hydrogens (tertiary/aromatic N) is 4. The van der Waals surface area contributed by atoms with Crippen LogP contribution < -0.4 is 0 Å². The summed E-state index contributed by atoms with van der Waals surface area (Å²) in [7, 11) is 0. The topological polar surface area (TPSA) is 84.8 Å². The van der Waals surface area contributed by atoms with E-state index in [1.165, 1.54) is 0 Å². The molecule has 8 heteroatoms. The first kappa shape index (κ1) is 16.3. The molecular weight excluding hydrogens is 324 g/mol. The Morgan fingerprint density at radius 2 is 1.96 bits per heavy atom. The molecule has 134 valence electrons. The fourth-order valence-corrected chi connectivity index (χ4v) is 3.34. The van der Waals surface area contributed by atoms with Crippen LogP contribution in [0.4, 0.5) is 0 Å². The molecule has 0 aliphatic carbocycles. The molecule has 2 fully saturated rings. The molecule has 0 N–H and O–H groups in total. The number of furan rings is 1. The summed E-state index contributed by atoms with van der Waals surface area (Å²) in [4.78, 5) is 16.4. The summed E-state index contributed by atoms with van der Waals surface area (Å²) in [6.07, 6.45) is 3.41. The second-order valence-electron chi connectivity index (χ2n) is 6.47. The predicted molar refractivity (Wildman–Crippen MR) is 87.8 cm³/mol. The third-order valence-electron chi connectivity index (χ3n) is 4.83. The zero-order valence-electron chi connectivity index (χ0n) is 14.1. The van der Waals surface area contributed by atoms with Crippen molar-refractivity contribution in [3.05, 3.63) is 24.3 Å². The van der Waals surface area contributed by atoms with Gasteiger partial charge in [-0.15, -0.1) is 10.2 Å². The molecule has 8 nitrogen and oxygen atoms in total. The largest absolute Gasteiger partial charge is 0.459 e. The number of likely N-dealkylation sites (tertiary alicyclic amines) is 1. The molecule has 2 aliphatic rings. The fourth-order valence-electron chi connectivity index (χ4n) is 3.34. The Labute approximate surface area is 145 Å². The number of ether oxygens (including phenoxy) is 1. The van der Waals surface area contributed by atoms with Gasteiger partial charge in [-0.1, -0.05) is 0 Å². The van der Waals surface area contributed by atoms with E-state index >= 15 is 0 Å². The van der Waals surface area contributed by atoms with Crippen LogP contribution in [0.5, 0.6) is 0 Å². The minimum Gasteiger partial charge on any atom is -0.459 e. The highest BCUT2D eigenvalue weighted by atomic mass is 16.5. The van der Waals surface area contributed by atoms with Gasteiger partial charge < -0.3 is 18.5 Å². The lowest BCUT2D eigenvalue weighted by atomic mass is 9.97. The van der Waals surface area contributed by atoms with Gasteiger partial charge in [-0.3, -0.25) is 9.69 Å². The average molecular weight is 346 g/mol. The monoisotopic (exact) mass is 346 g/mol. The number of carbonyl (C=O) groups excluding carboxylic acids is 1. The molecular formula is C17H22N4O4. The Balaban J connectivity index is 1.29. The minimum absolute atomic E-state index is 0.194. The maximum atomic E-state index is 12.3. The Kier molecular flexibility index (Phi) is 4.80. The van der Waals surface area contributed by atoms with Crippen LogP contribution in [0.1, 0.15) is 24.7 Å². The number of rotatable bonds is 4. The molecule has 0 bridgehead atoms. The van der Waals surface area contributed by atoms with Crippen molar-refractivity contribution in [1.82, 2.24) is 20.0 Å². The molecule has 4 rings (SSSR count). The molecule has 2 aliphatic heterocycles. The van der Waals surface area contributed by atoms with Gasteiger partial charge in [0.2, 0.25) is 11.8 Å². The number of morpholine rings is 1. The van der Waals surface area contributed by atoms with Crippen LogP contribution in [0, 0.1) is 0 Å². The molecule has 0 saturated carbocycles. The zero-order valence-corrected chi connectivity index (χ0v) is 14.1. The first-order valence-corrected chi connectivity index (χ1v) is 8.75. The molecule has 2 saturated heterocycles. The van der Waals surface area contributed by atoms with Gasteiger partial charge in [0.1, 0.15) is 0 Å². The van der Waals surface area contributed by atoms with Crippen molar-refractivity contribution >= 4 is 5.91 Å². The second kappa shape index (κ2) is 7.37. The molecule has 0 atom stereocenters. The average Bonchev–Trinajstić information content (AvgIpc) is 3.35. The standard InChI is InChI=1S/C17H22N4O4/c22-15(21-7-10-23-11-8-21)12-20-5-3-13(4-6-20)16-18-19-17(25-16)14-2-1-9-24-14/h1-2,9,13H,3-8,10-12H2. The number of hydrogen-bond donors (Lipinski definition) is 0. The van der Waals surface area contributed by atoms with E-state index in [9.17, 15) is 4.79 Å². The quantitative estimate of drug-likeness (QED) is 0.826. The van der Waals surface area contributed by atoms with Crippen LogP contribution in [0.3, 0.4) is 0 Å². The van der Waals surface area contributed by atoms with Gasteiger partial charge in [-0.25, -0.2) is 0 Å². The summed E-state index contributed by atoms with van der Waals surface area (Å²) in [6, 6.07) is 3.60. The Hall–Kier alpha value is -2.19. The SMILES string of the molecule is O=C(CN1CCC(c2nnc(-c3ccco3)o2)CC1)N1CCOCC1. The highest BCUT2D eigenvalue weighted by molar-refractivity contribution is 5.78. The fraction of sp³-hybridized carbons (Fsp3) is 0.588. The van der Waals surface area contributed by atoms with Gasteiger partial charge in [0.25, 0.3) is 5.89 Å². The number of aromatic nitrogens is 2. The van der Waals surface area contributed by atoms with Crippen LogP contribution in [0.25, 0.3) is 11.7 Å². The summed E-state index contributed by atoms with van der Waals surface area (Å²) in [5.41, 5.74) is 0. The molecule has 2 aromatic heterocycles. The Bertz CT molecular complexity index is 685. The van der Waals surface area contributed by atoms with Crippen LogP contribution >= 0.6 is 0 Å². The molecule has 25 heavy (non-hydrogen) atoms. The Morgan fingerprint density at radius 1 is 1.16 bits per heavy atom. The van der Waals surface area contributed by atoms with Crippen LogP contribution in [-0.4, -0.2) is 71.8 Å². The highest BCUT2D eigenvalue weighted by Crippen LogP contribution is 2.29. The van der Waals surface area contributed by atoms with Crippen molar-refractivity contribution in [3.8, 4) is 11.7 Å². The number of carbonyl (C=O) groups is 1. The van der Waals surface area contributed by atoms with E-state index in [-0.39, 0.29) is 11.8 Å². The molecule has 0 radical (unpaired) electrons. The van der Waals surface area contributed by atoms with Gasteiger partial charge in [-0.05, 0) is 38.1 Å². The van der Waals surface area contributed by atoms with Gasteiger partial charge in [0.05, 0.1) is 26.0 Å². The van der Waals surface area contributed by atoms with E-state index in [2.05, 4.69) is 15.1 Å². The van der Waals surface area contributed by atoms with E-state index in [0.717, 1.165) is 25.9 Å². The first-order chi connectivity index (χ1) is 12.3. The lowest BCUT2D eigenvalue weighted by molar-refractivity contribution is -0.136. The van der Waals surface area contributed by atoms with Gasteiger partial charge >= 0.3 is 0 Å². The normalized spacial score (nSPS) is 20.1. The minimum atomic E-state index is 0.194. The maximum absolute atomic E-state index is 12.3. The second-order valence-corrected chi connectivity index (χ2v) is 6.47. The van der Waals surface area contributed by atoms with E-state index < -0.39 is 0 Å². The smallest absolute Gasteiger partial charge is 0.283 e. The third-order valence-corrected chi connectivity index (χ3v) is 4.83. The van der Waals surface area contributed by atoms with Crippen LogP contribution in [-0.2, 0) is 9.53 Å². The number of amides is 1. The van der Waals surface area contributed by atoms with Crippen molar-refractivity contribution in [2.24, 2.45) is 0 Å². The molecule has 0 aromatic carbocycles. The van der Waals surface area contributed by atoms with Gasteiger partial charge in [0, 0.05) is 19.0 Å². The van der Waals surface area contributed by atoms with Crippen molar-refractivity contribution in [2.75, 3.05) is 45.9 Å². The first-order valence-electron chi connectivity index (χ1n) is 8.75. The van der Waals surface area contributed by atoms with Crippen molar-refractivity contribution < 1.29 is 18.4 Å². The molecule has 0 spiro atoms. The van der Waals surface area contributed by atoms with Gasteiger partial charge in [-0.2, -0.15) is 0 Å². The van der Waals surface area contributed by atoms with E-state index in [0.29, 0.717) is 50.4 Å². The maximum Gasteiger partial charge on any atom is 0.283 e. The summed E-state index contributed by atoms with van der Waals surface area (Å²) < 4.78 is 16.3. The lowest BCUT2D eigenvalue weighted by Crippen LogP contribution is -2.47. The summed E-state index contributed by atoms with van der Waals surface area (Å²) in [5.74, 6) is 2.10. The molecule has 0 unspecified atom stereocenters. The highest BCUT2D eigenvalue weighted by Gasteiger charge is 2.27. The summed E-state index contributed by atoms with van der Waals surface area (Å²) in [5, 5.41) is 8.24. The summed E-state index contributed by atoms with van der Waals surface area (Å²) >= 11 is 0. The Morgan fingerprint density at radius 3 is 2.68 bits per heavy atom. The number of piperidine rings is 1. The van der Waals surface area contributed by atoms with E-state index in [1.54, 1.807) is 18.4 Å². The van der Waals surface area contributed by atoms with Crippen LogP contribution in [0.2, 0.25) is 0 Å². The van der Waals surface area contributed by atoms with Crippen molar-refractivity contribution in [3.63, 3.8) is 0 Å². The lowest BCUT2D eigenvalue weighted by Gasteiger charge is -2.33.